The van der Waals surface area contributed by atoms with Crippen LogP contribution in [-0.4, -0.2) is 29.8 Å². The SMILES string of the molecule is CCOC(=O)C(O)(c1ccc(Cl)cc1)C(F)(F)C(F)(F)F. The van der Waals surface area contributed by atoms with Gasteiger partial charge in [0.05, 0.1) is 6.61 Å². The second-order valence-electron chi connectivity index (χ2n) is 4.01. The van der Waals surface area contributed by atoms with Gasteiger partial charge >= 0.3 is 18.1 Å². The minimum absolute atomic E-state index is 0.0280. The van der Waals surface area contributed by atoms with Crippen LogP contribution in [0.2, 0.25) is 5.02 Å². The standard InChI is InChI=1S/C12H10ClF5O3/c1-2-21-9(19)10(20,11(14,15)12(16,17)18)7-3-5-8(13)6-4-7/h3-6,20H,2H2,1H3. The van der Waals surface area contributed by atoms with Crippen LogP contribution in [0.15, 0.2) is 24.3 Å². The summed E-state index contributed by atoms with van der Waals surface area (Å²) in [6.07, 6.45) is -6.16. The lowest BCUT2D eigenvalue weighted by atomic mass is 9.86. The van der Waals surface area contributed by atoms with Crippen LogP contribution in [0.4, 0.5) is 22.0 Å². The van der Waals surface area contributed by atoms with Crippen molar-refractivity contribution in [3.8, 4) is 0 Å². The van der Waals surface area contributed by atoms with E-state index in [1.165, 1.54) is 6.92 Å². The van der Waals surface area contributed by atoms with E-state index in [1.807, 2.05) is 0 Å². The summed E-state index contributed by atoms with van der Waals surface area (Å²) in [6.45, 7) is 0.717. The van der Waals surface area contributed by atoms with Crippen molar-refractivity contribution in [2.75, 3.05) is 6.61 Å². The Morgan fingerprint density at radius 2 is 1.67 bits per heavy atom. The molecule has 0 radical (unpaired) electrons. The molecule has 1 atom stereocenters. The van der Waals surface area contributed by atoms with E-state index in [0.717, 1.165) is 12.1 Å². The highest BCUT2D eigenvalue weighted by Gasteiger charge is 2.74. The molecule has 0 bridgehead atoms. The number of carbonyl (C=O) groups is 1. The van der Waals surface area contributed by atoms with Gasteiger partial charge in [-0.2, -0.15) is 22.0 Å². The second kappa shape index (κ2) is 5.76. The lowest BCUT2D eigenvalue weighted by Crippen LogP contribution is -2.59. The summed E-state index contributed by atoms with van der Waals surface area (Å²) in [6, 6.07) is 3.32. The fourth-order valence-electron chi connectivity index (χ4n) is 1.56. The van der Waals surface area contributed by atoms with Crippen molar-refractivity contribution in [2.45, 2.75) is 24.6 Å². The fourth-order valence-corrected chi connectivity index (χ4v) is 1.69. The number of aliphatic hydroxyl groups is 1. The van der Waals surface area contributed by atoms with Crippen molar-refractivity contribution in [2.24, 2.45) is 0 Å². The molecule has 1 rings (SSSR count). The molecular formula is C12H10ClF5O3. The molecule has 118 valence electrons. The van der Waals surface area contributed by atoms with Gasteiger partial charge in [0.15, 0.2) is 0 Å². The Labute approximate surface area is 121 Å². The number of hydrogen-bond donors (Lipinski definition) is 1. The van der Waals surface area contributed by atoms with E-state index in [0.29, 0.717) is 12.1 Å². The Bertz CT molecular complexity index is 515. The zero-order valence-corrected chi connectivity index (χ0v) is 11.3. The van der Waals surface area contributed by atoms with Crippen molar-refractivity contribution in [3.63, 3.8) is 0 Å². The maximum absolute atomic E-state index is 13.6. The molecule has 0 aliphatic heterocycles. The Morgan fingerprint density at radius 3 is 2.05 bits per heavy atom. The molecule has 0 aliphatic rings. The highest BCUT2D eigenvalue weighted by molar-refractivity contribution is 6.30. The maximum atomic E-state index is 13.6. The molecule has 1 N–H and O–H groups in total. The fraction of sp³-hybridized carbons (Fsp3) is 0.417. The molecule has 0 aliphatic carbocycles. The molecule has 1 unspecified atom stereocenters. The van der Waals surface area contributed by atoms with Crippen LogP contribution < -0.4 is 0 Å². The third-order valence-corrected chi connectivity index (χ3v) is 2.90. The van der Waals surface area contributed by atoms with Crippen LogP contribution in [0.5, 0.6) is 0 Å². The van der Waals surface area contributed by atoms with Gasteiger partial charge < -0.3 is 9.84 Å². The van der Waals surface area contributed by atoms with E-state index in [1.54, 1.807) is 0 Å². The van der Waals surface area contributed by atoms with Crippen LogP contribution >= 0.6 is 11.6 Å². The summed E-state index contributed by atoms with van der Waals surface area (Å²) >= 11 is 5.50. The van der Waals surface area contributed by atoms with Gasteiger partial charge in [-0.3, -0.25) is 0 Å². The summed E-state index contributed by atoms with van der Waals surface area (Å²) in [5.41, 5.74) is -5.18. The van der Waals surface area contributed by atoms with E-state index >= 15 is 0 Å². The van der Waals surface area contributed by atoms with Gasteiger partial charge in [0.2, 0.25) is 0 Å². The number of halogens is 6. The normalized spacial score (nSPS) is 15.4. The van der Waals surface area contributed by atoms with E-state index in [2.05, 4.69) is 4.74 Å². The van der Waals surface area contributed by atoms with Gasteiger partial charge in [-0.15, -0.1) is 0 Å². The molecule has 0 fully saturated rings. The lowest BCUT2D eigenvalue weighted by molar-refractivity contribution is -0.341. The monoisotopic (exact) mass is 332 g/mol. The molecule has 21 heavy (non-hydrogen) atoms. The average molecular weight is 333 g/mol. The van der Waals surface area contributed by atoms with Gasteiger partial charge in [0, 0.05) is 10.6 Å². The maximum Gasteiger partial charge on any atom is 0.457 e. The van der Waals surface area contributed by atoms with Gasteiger partial charge in [-0.05, 0) is 19.1 Å². The minimum Gasteiger partial charge on any atom is -0.463 e. The Hall–Kier alpha value is -1.41. The quantitative estimate of drug-likeness (QED) is 0.680. The zero-order chi connectivity index (χ0) is 16.5. The van der Waals surface area contributed by atoms with E-state index < -0.39 is 35.8 Å². The average Bonchev–Trinajstić information content (AvgIpc) is 2.37. The number of hydrogen-bond acceptors (Lipinski definition) is 3. The highest BCUT2D eigenvalue weighted by atomic mass is 35.5. The molecule has 0 heterocycles. The predicted molar refractivity (Wildman–Crippen MR) is 63.0 cm³/mol. The first kappa shape index (κ1) is 17.6. The third-order valence-electron chi connectivity index (χ3n) is 2.64. The van der Waals surface area contributed by atoms with Crippen LogP contribution in [0.1, 0.15) is 12.5 Å². The number of ether oxygens (including phenoxy) is 1. The Kier molecular flexibility index (Phi) is 4.84. The van der Waals surface area contributed by atoms with Crippen molar-refractivity contribution in [1.82, 2.24) is 0 Å². The molecular weight excluding hydrogens is 323 g/mol. The van der Waals surface area contributed by atoms with Crippen molar-refractivity contribution >= 4 is 17.6 Å². The first-order valence-electron chi connectivity index (χ1n) is 5.58. The van der Waals surface area contributed by atoms with Crippen LogP contribution in [0, 0.1) is 0 Å². The van der Waals surface area contributed by atoms with Gasteiger partial charge in [-0.25, -0.2) is 4.79 Å². The summed E-state index contributed by atoms with van der Waals surface area (Å²) in [7, 11) is 0. The van der Waals surface area contributed by atoms with E-state index in [-0.39, 0.29) is 5.02 Å². The molecule has 3 nitrogen and oxygen atoms in total. The van der Waals surface area contributed by atoms with E-state index in [4.69, 9.17) is 11.6 Å². The smallest absolute Gasteiger partial charge is 0.457 e. The first-order chi connectivity index (χ1) is 9.48. The Morgan fingerprint density at radius 1 is 1.19 bits per heavy atom. The van der Waals surface area contributed by atoms with Gasteiger partial charge in [-0.1, -0.05) is 23.7 Å². The van der Waals surface area contributed by atoms with E-state index in [9.17, 15) is 31.9 Å². The summed E-state index contributed by atoms with van der Waals surface area (Å²) < 4.78 is 69.1. The minimum atomic E-state index is -6.16. The van der Waals surface area contributed by atoms with Crippen LogP contribution in [-0.2, 0) is 15.1 Å². The van der Waals surface area contributed by atoms with Crippen LogP contribution in [0.3, 0.4) is 0 Å². The topological polar surface area (TPSA) is 46.5 Å². The third kappa shape index (κ3) is 2.96. The summed E-state index contributed by atoms with van der Waals surface area (Å²) in [4.78, 5) is 11.6. The molecule has 1 aromatic rings. The van der Waals surface area contributed by atoms with Crippen molar-refractivity contribution in [3.05, 3.63) is 34.9 Å². The second-order valence-corrected chi connectivity index (χ2v) is 4.45. The van der Waals surface area contributed by atoms with Crippen LogP contribution in [0.25, 0.3) is 0 Å². The highest BCUT2D eigenvalue weighted by Crippen LogP contribution is 2.49. The molecule has 0 amide bonds. The molecule has 0 aromatic heterocycles. The number of carbonyl (C=O) groups excluding carboxylic acids is 1. The number of alkyl halides is 5. The zero-order valence-electron chi connectivity index (χ0n) is 10.5. The largest absolute Gasteiger partial charge is 0.463 e. The number of benzene rings is 1. The first-order valence-corrected chi connectivity index (χ1v) is 5.96. The molecule has 0 saturated heterocycles. The predicted octanol–water partition coefficient (Wildman–Crippen LogP) is 3.29. The molecule has 9 heteroatoms. The molecule has 0 spiro atoms. The molecule has 1 aromatic carbocycles. The number of esters is 1. The summed E-state index contributed by atoms with van der Waals surface area (Å²) in [5, 5.41) is 9.88. The van der Waals surface area contributed by atoms with Gasteiger partial charge in [0.1, 0.15) is 0 Å². The Balaban J connectivity index is 3.51. The molecule has 0 saturated carbocycles. The number of rotatable bonds is 4. The van der Waals surface area contributed by atoms with Gasteiger partial charge in [0.25, 0.3) is 5.60 Å². The van der Waals surface area contributed by atoms with Crippen molar-refractivity contribution in [1.29, 1.82) is 0 Å². The van der Waals surface area contributed by atoms with Crippen molar-refractivity contribution < 1.29 is 36.6 Å². The lowest BCUT2D eigenvalue weighted by Gasteiger charge is -2.34. The summed E-state index contributed by atoms with van der Waals surface area (Å²) in [5.74, 6) is -7.85.